The lowest BCUT2D eigenvalue weighted by Gasteiger charge is -2.08. The molecule has 0 atom stereocenters. The zero-order chi connectivity index (χ0) is 17.0. The first kappa shape index (κ1) is 16.8. The van der Waals surface area contributed by atoms with Gasteiger partial charge in [-0.2, -0.15) is 8.42 Å². The first-order chi connectivity index (χ1) is 10.8. The average Bonchev–Trinajstić information content (AvgIpc) is 2.50. The van der Waals surface area contributed by atoms with Crippen LogP contribution in [0.1, 0.15) is 5.56 Å². The van der Waals surface area contributed by atoms with Crippen molar-refractivity contribution in [3.05, 3.63) is 68.6 Å². The number of hydrogen-bond acceptors (Lipinski definition) is 6. The van der Waals surface area contributed by atoms with Crippen LogP contribution >= 0.6 is 11.6 Å². The Balaban J connectivity index is 2.27. The third-order valence-electron chi connectivity index (χ3n) is 2.69. The van der Waals surface area contributed by atoms with Gasteiger partial charge in [-0.1, -0.05) is 41.9 Å². The standard InChI is InChI=1S/C14H11ClN2O5S/c15-12-8-11(17(18)19)9-13(16)14(12)22-23(20,21)7-6-10-4-2-1-3-5-10/h1-9H,16H2/b7-6+. The first-order valence-corrected chi connectivity index (χ1v) is 8.04. The van der Waals surface area contributed by atoms with Gasteiger partial charge in [0.05, 0.1) is 21.0 Å². The van der Waals surface area contributed by atoms with E-state index in [1.807, 2.05) is 0 Å². The maximum atomic E-state index is 11.9. The summed E-state index contributed by atoms with van der Waals surface area (Å²) in [6.07, 6.45) is 1.34. The van der Waals surface area contributed by atoms with Crippen LogP contribution in [0.25, 0.3) is 6.08 Å². The number of anilines is 1. The Morgan fingerprint density at radius 1 is 1.22 bits per heavy atom. The summed E-state index contributed by atoms with van der Waals surface area (Å²) >= 11 is 5.80. The summed E-state index contributed by atoms with van der Waals surface area (Å²) in [4.78, 5) is 9.98. The van der Waals surface area contributed by atoms with Gasteiger partial charge in [0.25, 0.3) is 5.69 Å². The molecule has 23 heavy (non-hydrogen) atoms. The van der Waals surface area contributed by atoms with Gasteiger partial charge in [0.2, 0.25) is 0 Å². The molecule has 2 N–H and O–H groups in total. The van der Waals surface area contributed by atoms with Gasteiger partial charge in [-0.25, -0.2) is 0 Å². The van der Waals surface area contributed by atoms with Gasteiger partial charge < -0.3 is 9.92 Å². The van der Waals surface area contributed by atoms with E-state index in [2.05, 4.69) is 0 Å². The fourth-order valence-corrected chi connectivity index (χ4v) is 2.77. The Kier molecular flexibility index (Phi) is 4.87. The summed E-state index contributed by atoms with van der Waals surface area (Å²) in [6.45, 7) is 0. The summed E-state index contributed by atoms with van der Waals surface area (Å²) in [5, 5.41) is 11.3. The number of nitrogen functional groups attached to an aromatic ring is 1. The lowest BCUT2D eigenvalue weighted by atomic mass is 10.2. The molecular weight excluding hydrogens is 344 g/mol. The summed E-state index contributed by atoms with van der Waals surface area (Å²) < 4.78 is 28.7. The van der Waals surface area contributed by atoms with Crippen LogP contribution in [-0.2, 0) is 10.1 Å². The van der Waals surface area contributed by atoms with Crippen LogP contribution < -0.4 is 9.92 Å². The van der Waals surface area contributed by atoms with Crippen LogP contribution in [0.15, 0.2) is 47.9 Å². The summed E-state index contributed by atoms with van der Waals surface area (Å²) in [5.74, 6) is -0.352. The van der Waals surface area contributed by atoms with E-state index in [4.69, 9.17) is 21.5 Å². The summed E-state index contributed by atoms with van der Waals surface area (Å²) in [6, 6.07) is 10.6. The maximum absolute atomic E-state index is 11.9. The third-order valence-corrected chi connectivity index (χ3v) is 3.84. The second-order valence-corrected chi connectivity index (χ2v) is 6.22. The molecule has 0 fully saturated rings. The van der Waals surface area contributed by atoms with Gasteiger partial charge in [0.1, 0.15) is 0 Å². The summed E-state index contributed by atoms with van der Waals surface area (Å²) in [5.41, 5.74) is 5.61. The number of rotatable bonds is 5. The molecule has 0 radical (unpaired) electrons. The molecule has 2 rings (SSSR count). The van der Waals surface area contributed by atoms with Gasteiger partial charge in [0.15, 0.2) is 5.75 Å². The number of non-ortho nitro benzene ring substituents is 1. The van der Waals surface area contributed by atoms with E-state index in [1.54, 1.807) is 30.3 Å². The SMILES string of the molecule is Nc1cc([N+](=O)[O-])cc(Cl)c1OS(=O)(=O)/C=C/c1ccccc1. The molecule has 0 spiro atoms. The molecule has 0 saturated carbocycles. The number of benzene rings is 2. The fraction of sp³-hybridized carbons (Fsp3) is 0. The van der Waals surface area contributed by atoms with Gasteiger partial charge in [-0.05, 0) is 11.6 Å². The zero-order valence-corrected chi connectivity index (χ0v) is 13.1. The van der Waals surface area contributed by atoms with Crippen molar-refractivity contribution in [2.75, 3.05) is 5.73 Å². The second kappa shape index (κ2) is 6.67. The van der Waals surface area contributed by atoms with Crippen LogP contribution in [0.2, 0.25) is 5.02 Å². The van der Waals surface area contributed by atoms with Gasteiger partial charge in [-0.3, -0.25) is 10.1 Å². The molecule has 7 nitrogen and oxygen atoms in total. The number of nitrogens with two attached hydrogens (primary N) is 1. The van der Waals surface area contributed by atoms with E-state index in [0.29, 0.717) is 5.56 Å². The Morgan fingerprint density at radius 3 is 2.43 bits per heavy atom. The van der Waals surface area contributed by atoms with Crippen molar-refractivity contribution in [3.8, 4) is 5.75 Å². The van der Waals surface area contributed by atoms with Crippen molar-refractivity contribution >= 4 is 39.2 Å². The Bertz CT molecular complexity index is 843. The van der Waals surface area contributed by atoms with E-state index < -0.39 is 15.0 Å². The third kappa shape index (κ3) is 4.44. The number of nitro groups is 1. The monoisotopic (exact) mass is 354 g/mol. The van der Waals surface area contributed by atoms with Gasteiger partial charge >= 0.3 is 10.1 Å². The van der Waals surface area contributed by atoms with Gasteiger partial charge in [-0.15, -0.1) is 0 Å². The smallest absolute Gasteiger partial charge is 0.332 e. The Labute approximate surface area is 137 Å². The highest BCUT2D eigenvalue weighted by atomic mass is 35.5. The van der Waals surface area contributed by atoms with Crippen molar-refractivity contribution in [1.29, 1.82) is 0 Å². The highest BCUT2D eigenvalue weighted by molar-refractivity contribution is 7.90. The minimum Gasteiger partial charge on any atom is -0.395 e. The number of hydrogen-bond donors (Lipinski definition) is 1. The second-order valence-electron chi connectivity index (χ2n) is 4.39. The predicted octanol–water partition coefficient (Wildman–Crippen LogP) is 3.21. The van der Waals surface area contributed by atoms with Crippen molar-refractivity contribution in [2.24, 2.45) is 0 Å². The quantitative estimate of drug-likeness (QED) is 0.382. The van der Waals surface area contributed by atoms with E-state index >= 15 is 0 Å². The molecule has 0 aliphatic rings. The molecular formula is C14H11ClN2O5S. The lowest BCUT2D eigenvalue weighted by molar-refractivity contribution is -0.384. The normalized spacial score (nSPS) is 11.5. The minimum atomic E-state index is -4.13. The number of halogens is 1. The van der Waals surface area contributed by atoms with Crippen molar-refractivity contribution in [3.63, 3.8) is 0 Å². The van der Waals surface area contributed by atoms with E-state index in [1.165, 1.54) is 6.08 Å². The molecule has 120 valence electrons. The molecule has 0 saturated heterocycles. The topological polar surface area (TPSA) is 113 Å². The van der Waals surface area contributed by atoms with Crippen molar-refractivity contribution < 1.29 is 17.5 Å². The maximum Gasteiger partial charge on any atom is 0.332 e. The van der Waals surface area contributed by atoms with Crippen LogP contribution in [0.5, 0.6) is 5.75 Å². The van der Waals surface area contributed by atoms with Crippen LogP contribution in [0.3, 0.4) is 0 Å². The fourth-order valence-electron chi connectivity index (χ4n) is 1.66. The van der Waals surface area contributed by atoms with Crippen molar-refractivity contribution in [1.82, 2.24) is 0 Å². The highest BCUT2D eigenvalue weighted by Crippen LogP contribution is 2.36. The summed E-state index contributed by atoms with van der Waals surface area (Å²) in [7, 11) is -4.13. The molecule has 0 heterocycles. The lowest BCUT2D eigenvalue weighted by Crippen LogP contribution is -2.07. The molecule has 2 aromatic rings. The first-order valence-electron chi connectivity index (χ1n) is 6.19. The predicted molar refractivity (Wildman–Crippen MR) is 87.5 cm³/mol. The Morgan fingerprint density at radius 2 is 1.87 bits per heavy atom. The number of nitrogens with zero attached hydrogens (tertiary/aromatic N) is 1. The van der Waals surface area contributed by atoms with E-state index in [0.717, 1.165) is 17.5 Å². The van der Waals surface area contributed by atoms with Crippen LogP contribution in [0.4, 0.5) is 11.4 Å². The molecule has 0 unspecified atom stereocenters. The van der Waals surface area contributed by atoms with Crippen LogP contribution in [-0.4, -0.2) is 13.3 Å². The molecule has 9 heteroatoms. The zero-order valence-electron chi connectivity index (χ0n) is 11.5. The van der Waals surface area contributed by atoms with E-state index in [-0.39, 0.29) is 22.1 Å². The minimum absolute atomic E-state index is 0.249. The molecule has 0 aliphatic carbocycles. The molecule has 0 aliphatic heterocycles. The molecule has 0 aromatic heterocycles. The van der Waals surface area contributed by atoms with E-state index in [9.17, 15) is 18.5 Å². The van der Waals surface area contributed by atoms with Crippen LogP contribution in [0, 0.1) is 10.1 Å². The highest BCUT2D eigenvalue weighted by Gasteiger charge is 2.19. The largest absolute Gasteiger partial charge is 0.395 e. The molecule has 0 bridgehead atoms. The molecule has 2 aromatic carbocycles. The van der Waals surface area contributed by atoms with Gasteiger partial charge in [0, 0.05) is 12.1 Å². The number of nitro benzene ring substituents is 1. The molecule has 0 amide bonds. The Hall–Kier alpha value is -2.58. The van der Waals surface area contributed by atoms with Crippen molar-refractivity contribution in [2.45, 2.75) is 0 Å². The average molecular weight is 355 g/mol.